The molecule has 1 amide bonds. The van der Waals surface area contributed by atoms with Crippen LogP contribution in [-0.2, 0) is 11.3 Å². The van der Waals surface area contributed by atoms with E-state index in [-0.39, 0.29) is 29.7 Å². The molecule has 0 aliphatic rings. The van der Waals surface area contributed by atoms with E-state index < -0.39 is 23.1 Å². The molecule has 0 aliphatic heterocycles. The molecular formula is C27H27F2N5O4. The van der Waals surface area contributed by atoms with E-state index in [0.29, 0.717) is 22.5 Å². The maximum absolute atomic E-state index is 13.2. The Morgan fingerprint density at radius 2 is 1.76 bits per heavy atom. The average molecular weight is 524 g/mol. The average Bonchev–Trinajstić information content (AvgIpc) is 3.32. The minimum Gasteiger partial charge on any atom is -0.456 e. The molecule has 0 saturated heterocycles. The van der Waals surface area contributed by atoms with E-state index in [2.05, 4.69) is 15.4 Å². The van der Waals surface area contributed by atoms with Gasteiger partial charge in [0.05, 0.1) is 11.8 Å². The summed E-state index contributed by atoms with van der Waals surface area (Å²) in [5.74, 6) is -3.08. The van der Waals surface area contributed by atoms with Gasteiger partial charge in [-0.05, 0) is 62.7 Å². The molecule has 4 rings (SSSR count). The summed E-state index contributed by atoms with van der Waals surface area (Å²) < 4.78 is 32.6. The number of hydrogen-bond donors (Lipinski definition) is 2. The standard InChI is InChI=1S/C16H12F2N4O2.C11H15NO2/c1-9(23)14-7-13(21-15-4-5-20-22(14)15)16(24)19-8-10-2-3-11(17)12(18)6-10;1-11(2,3)14-10(13)8-5-4-6-9(12)7-8/h2-7H,8H2,1H3,(H,19,24);4-7H,12H2,1-3H3. The number of nitrogens with one attached hydrogen (secondary N) is 1. The lowest BCUT2D eigenvalue weighted by molar-refractivity contribution is 0.00693. The smallest absolute Gasteiger partial charge is 0.338 e. The van der Waals surface area contributed by atoms with Gasteiger partial charge in [0.2, 0.25) is 0 Å². The largest absolute Gasteiger partial charge is 0.456 e. The maximum Gasteiger partial charge on any atom is 0.338 e. The fourth-order valence-corrected chi connectivity index (χ4v) is 3.21. The summed E-state index contributed by atoms with van der Waals surface area (Å²) in [5.41, 5.74) is 7.16. The highest BCUT2D eigenvalue weighted by Gasteiger charge is 2.18. The van der Waals surface area contributed by atoms with Crippen LogP contribution in [0.25, 0.3) is 5.65 Å². The lowest BCUT2D eigenvalue weighted by Crippen LogP contribution is -2.25. The number of amides is 1. The Labute approximate surface area is 217 Å². The van der Waals surface area contributed by atoms with Crippen molar-refractivity contribution in [2.45, 2.75) is 39.8 Å². The number of esters is 1. The Morgan fingerprint density at radius 3 is 2.39 bits per heavy atom. The zero-order valence-corrected chi connectivity index (χ0v) is 21.3. The molecule has 4 aromatic rings. The van der Waals surface area contributed by atoms with Crippen molar-refractivity contribution in [2.24, 2.45) is 0 Å². The van der Waals surface area contributed by atoms with Crippen molar-refractivity contribution >= 4 is 29.0 Å². The van der Waals surface area contributed by atoms with Crippen LogP contribution in [0.2, 0.25) is 0 Å². The van der Waals surface area contributed by atoms with Gasteiger partial charge in [-0.3, -0.25) is 9.59 Å². The van der Waals surface area contributed by atoms with Crippen LogP contribution in [0.4, 0.5) is 14.5 Å². The SMILES string of the molecule is CC(=O)c1cc(C(=O)NCc2ccc(F)c(F)c2)nc2ccnn12.CC(C)(C)OC(=O)c1cccc(N)c1. The number of nitrogens with two attached hydrogens (primary N) is 1. The summed E-state index contributed by atoms with van der Waals surface area (Å²) in [5, 5.41) is 6.53. The van der Waals surface area contributed by atoms with E-state index in [1.54, 1.807) is 30.3 Å². The van der Waals surface area contributed by atoms with Crippen molar-refractivity contribution in [1.29, 1.82) is 0 Å². The maximum atomic E-state index is 13.2. The second kappa shape index (κ2) is 11.6. The van der Waals surface area contributed by atoms with Crippen molar-refractivity contribution in [1.82, 2.24) is 19.9 Å². The topological polar surface area (TPSA) is 129 Å². The number of hydrogen-bond acceptors (Lipinski definition) is 7. The first-order chi connectivity index (χ1) is 17.8. The highest BCUT2D eigenvalue weighted by atomic mass is 19.2. The second-order valence-electron chi connectivity index (χ2n) is 9.24. The van der Waals surface area contributed by atoms with E-state index in [1.165, 1.54) is 29.8 Å². The van der Waals surface area contributed by atoms with E-state index >= 15 is 0 Å². The first-order valence-electron chi connectivity index (χ1n) is 11.5. The predicted molar refractivity (Wildman–Crippen MR) is 137 cm³/mol. The number of halogens is 2. The molecule has 9 nitrogen and oxygen atoms in total. The lowest BCUT2D eigenvalue weighted by Gasteiger charge is -2.19. The minimum absolute atomic E-state index is 0.00242. The van der Waals surface area contributed by atoms with Crippen LogP contribution in [-0.4, -0.2) is 37.9 Å². The quantitative estimate of drug-likeness (QED) is 0.226. The number of nitrogen functional groups attached to an aromatic ring is 1. The Kier molecular flexibility index (Phi) is 8.51. The summed E-state index contributed by atoms with van der Waals surface area (Å²) in [4.78, 5) is 39.6. The zero-order chi connectivity index (χ0) is 28.0. The van der Waals surface area contributed by atoms with Crippen LogP contribution < -0.4 is 11.1 Å². The predicted octanol–water partition coefficient (Wildman–Crippen LogP) is 4.36. The van der Waals surface area contributed by atoms with E-state index in [4.69, 9.17) is 10.5 Å². The van der Waals surface area contributed by atoms with Crippen LogP contribution in [0.5, 0.6) is 0 Å². The van der Waals surface area contributed by atoms with Crippen molar-refractivity contribution in [3.05, 3.63) is 94.9 Å². The van der Waals surface area contributed by atoms with Crippen molar-refractivity contribution in [2.75, 3.05) is 5.73 Å². The van der Waals surface area contributed by atoms with Crippen molar-refractivity contribution in [3.63, 3.8) is 0 Å². The van der Waals surface area contributed by atoms with E-state index in [1.807, 2.05) is 20.8 Å². The van der Waals surface area contributed by atoms with Gasteiger partial charge in [0.25, 0.3) is 5.91 Å². The van der Waals surface area contributed by atoms with Gasteiger partial charge in [0.1, 0.15) is 17.0 Å². The molecule has 0 atom stereocenters. The molecule has 38 heavy (non-hydrogen) atoms. The second-order valence-corrected chi connectivity index (χ2v) is 9.24. The van der Waals surface area contributed by atoms with Crippen molar-refractivity contribution < 1.29 is 27.9 Å². The van der Waals surface area contributed by atoms with Crippen LogP contribution in [0.3, 0.4) is 0 Å². The van der Waals surface area contributed by atoms with Crippen LogP contribution in [0, 0.1) is 11.6 Å². The van der Waals surface area contributed by atoms with Gasteiger partial charge >= 0.3 is 5.97 Å². The van der Waals surface area contributed by atoms with Gasteiger partial charge < -0.3 is 15.8 Å². The molecular weight excluding hydrogens is 496 g/mol. The number of carbonyl (C=O) groups excluding carboxylic acids is 3. The summed E-state index contributed by atoms with van der Waals surface area (Å²) in [6.45, 7) is 6.85. The van der Waals surface area contributed by atoms with Crippen LogP contribution in [0.15, 0.2) is 60.8 Å². The molecule has 0 unspecified atom stereocenters. The number of ketones is 1. The lowest BCUT2D eigenvalue weighted by atomic mass is 10.1. The van der Waals surface area contributed by atoms with E-state index in [0.717, 1.165) is 12.1 Å². The number of fused-ring (bicyclic) bond motifs is 1. The molecule has 0 aliphatic carbocycles. The Hall–Kier alpha value is -4.67. The number of Topliss-reactive ketones (excluding diaryl/α,β-unsaturated/α-hetero) is 1. The number of carbonyl (C=O) groups is 3. The molecule has 0 spiro atoms. The molecule has 2 aromatic carbocycles. The Balaban J connectivity index is 0.000000244. The molecule has 0 fully saturated rings. The zero-order valence-electron chi connectivity index (χ0n) is 21.3. The highest BCUT2D eigenvalue weighted by Crippen LogP contribution is 2.14. The third-order valence-corrected chi connectivity index (χ3v) is 4.91. The van der Waals surface area contributed by atoms with Gasteiger partial charge in [-0.2, -0.15) is 5.10 Å². The van der Waals surface area contributed by atoms with Gasteiger partial charge in [-0.15, -0.1) is 0 Å². The molecule has 2 heterocycles. The fraction of sp³-hybridized carbons (Fsp3) is 0.222. The van der Waals surface area contributed by atoms with Crippen LogP contribution in [0.1, 0.15) is 64.6 Å². The molecule has 0 saturated carbocycles. The number of benzene rings is 2. The third-order valence-electron chi connectivity index (χ3n) is 4.91. The van der Waals surface area contributed by atoms with Crippen molar-refractivity contribution in [3.8, 4) is 0 Å². The number of anilines is 1. The summed E-state index contributed by atoms with van der Waals surface area (Å²) in [6, 6.07) is 13.0. The van der Waals surface area contributed by atoms with Crippen LogP contribution >= 0.6 is 0 Å². The molecule has 0 bridgehead atoms. The monoisotopic (exact) mass is 523 g/mol. The number of rotatable bonds is 5. The number of ether oxygens (including phenoxy) is 1. The molecule has 2 aromatic heterocycles. The Bertz CT molecular complexity index is 1490. The molecule has 11 heteroatoms. The molecule has 3 N–H and O–H groups in total. The fourth-order valence-electron chi connectivity index (χ4n) is 3.21. The van der Waals surface area contributed by atoms with Gasteiger partial charge in [-0.1, -0.05) is 12.1 Å². The highest BCUT2D eigenvalue weighted by molar-refractivity contribution is 5.98. The Morgan fingerprint density at radius 1 is 1.03 bits per heavy atom. The summed E-state index contributed by atoms with van der Waals surface area (Å²) in [6.07, 6.45) is 1.47. The first kappa shape index (κ1) is 27.9. The number of nitrogens with zero attached hydrogens (tertiary/aromatic N) is 3. The summed E-state index contributed by atoms with van der Waals surface area (Å²) in [7, 11) is 0. The van der Waals surface area contributed by atoms with Gasteiger partial charge in [0, 0.05) is 25.2 Å². The third kappa shape index (κ3) is 7.42. The first-order valence-corrected chi connectivity index (χ1v) is 11.5. The molecule has 198 valence electrons. The minimum atomic E-state index is -0.987. The molecule has 0 radical (unpaired) electrons. The van der Waals surface area contributed by atoms with Gasteiger partial charge in [0.15, 0.2) is 23.1 Å². The summed E-state index contributed by atoms with van der Waals surface area (Å²) >= 11 is 0. The number of aromatic nitrogens is 3. The van der Waals surface area contributed by atoms with E-state index in [9.17, 15) is 23.2 Å². The normalized spacial score (nSPS) is 10.9. The van der Waals surface area contributed by atoms with Gasteiger partial charge in [-0.25, -0.2) is 23.1 Å².